The van der Waals surface area contributed by atoms with Gasteiger partial charge in [-0.3, -0.25) is 0 Å². The topological polar surface area (TPSA) is 47.0 Å². The summed E-state index contributed by atoms with van der Waals surface area (Å²) in [4.78, 5) is 0. The van der Waals surface area contributed by atoms with Gasteiger partial charge in [-0.25, -0.2) is 0 Å². The van der Waals surface area contributed by atoms with Crippen molar-refractivity contribution >= 4 is 11.3 Å². The lowest BCUT2D eigenvalue weighted by atomic mass is 10.1. The first-order valence-electron chi connectivity index (χ1n) is 7.45. The van der Waals surface area contributed by atoms with E-state index in [1.54, 1.807) is 18.4 Å². The Kier molecular flexibility index (Phi) is 6.14. The van der Waals surface area contributed by atoms with Crippen LogP contribution in [-0.2, 0) is 12.8 Å². The summed E-state index contributed by atoms with van der Waals surface area (Å²) in [6.07, 6.45) is 2.96. The second-order valence-corrected chi connectivity index (χ2v) is 5.99. The van der Waals surface area contributed by atoms with E-state index < -0.39 is 0 Å². The van der Waals surface area contributed by atoms with Gasteiger partial charge in [0.05, 0.1) is 13.2 Å². The molecule has 2 aromatic rings. The highest BCUT2D eigenvalue weighted by molar-refractivity contribution is 7.11. The van der Waals surface area contributed by atoms with Gasteiger partial charge in [-0.15, -0.1) is 10.2 Å². The maximum absolute atomic E-state index is 5.17. The Morgan fingerprint density at radius 2 is 1.90 bits per heavy atom. The molecule has 0 radical (unpaired) electrons. The predicted molar refractivity (Wildman–Crippen MR) is 87.0 cm³/mol. The molecule has 1 atom stereocenters. The monoisotopic (exact) mass is 305 g/mol. The maximum Gasteiger partial charge on any atom is 0.134 e. The minimum absolute atomic E-state index is 0.335. The maximum atomic E-state index is 5.17. The van der Waals surface area contributed by atoms with Crippen LogP contribution in [0.3, 0.4) is 0 Å². The van der Waals surface area contributed by atoms with Gasteiger partial charge in [0, 0.05) is 6.42 Å². The first-order valence-corrected chi connectivity index (χ1v) is 8.27. The van der Waals surface area contributed by atoms with Crippen molar-refractivity contribution in [3.63, 3.8) is 0 Å². The van der Waals surface area contributed by atoms with E-state index in [2.05, 4.69) is 41.5 Å². The Balaban J connectivity index is 1.92. The Morgan fingerprint density at radius 1 is 1.14 bits per heavy atom. The number of rotatable bonds is 8. The molecule has 0 saturated heterocycles. The number of nitrogens with zero attached hydrogens (tertiary/aromatic N) is 2. The fourth-order valence-corrected chi connectivity index (χ4v) is 3.21. The van der Waals surface area contributed by atoms with E-state index in [0.717, 1.165) is 41.6 Å². The van der Waals surface area contributed by atoms with Gasteiger partial charge in [0.2, 0.25) is 0 Å². The quantitative estimate of drug-likeness (QED) is 0.812. The lowest BCUT2D eigenvalue weighted by Crippen LogP contribution is -2.19. The number of hydrogen-bond acceptors (Lipinski definition) is 5. The Labute approximate surface area is 130 Å². The zero-order valence-electron chi connectivity index (χ0n) is 12.9. The molecule has 4 nitrogen and oxygen atoms in total. The second kappa shape index (κ2) is 8.10. The molecule has 0 aliphatic heterocycles. The summed E-state index contributed by atoms with van der Waals surface area (Å²) >= 11 is 1.72. The molecule has 0 amide bonds. The average molecular weight is 305 g/mol. The van der Waals surface area contributed by atoms with E-state index in [0.29, 0.717) is 6.04 Å². The average Bonchev–Trinajstić information content (AvgIpc) is 3.00. The van der Waals surface area contributed by atoms with E-state index in [-0.39, 0.29) is 0 Å². The molecule has 0 aliphatic carbocycles. The molecule has 0 aliphatic rings. The molecule has 1 aromatic heterocycles. The number of nitrogens with one attached hydrogen (secondary N) is 1. The van der Waals surface area contributed by atoms with Crippen LogP contribution in [-0.4, -0.2) is 23.9 Å². The third-order valence-electron chi connectivity index (χ3n) is 3.43. The number of hydrogen-bond donors (Lipinski definition) is 1. The highest BCUT2D eigenvalue weighted by atomic mass is 32.1. The van der Waals surface area contributed by atoms with Crippen LogP contribution >= 0.6 is 11.3 Å². The van der Waals surface area contributed by atoms with Gasteiger partial charge in [0.1, 0.15) is 15.8 Å². The van der Waals surface area contributed by atoms with E-state index in [9.17, 15) is 0 Å². The number of methoxy groups -OCH3 is 1. The third-order valence-corrected chi connectivity index (χ3v) is 4.52. The number of benzene rings is 1. The van der Waals surface area contributed by atoms with E-state index >= 15 is 0 Å². The minimum atomic E-state index is 0.335. The van der Waals surface area contributed by atoms with Crippen molar-refractivity contribution in [2.45, 2.75) is 39.2 Å². The van der Waals surface area contributed by atoms with Gasteiger partial charge >= 0.3 is 0 Å². The normalized spacial score (nSPS) is 12.3. The van der Waals surface area contributed by atoms with Crippen molar-refractivity contribution in [3.8, 4) is 5.75 Å². The predicted octanol–water partition coefficient (Wildman–Crippen LogP) is 3.39. The summed E-state index contributed by atoms with van der Waals surface area (Å²) in [6.45, 7) is 5.25. The van der Waals surface area contributed by atoms with Crippen molar-refractivity contribution in [1.82, 2.24) is 15.5 Å². The zero-order chi connectivity index (χ0) is 15.1. The van der Waals surface area contributed by atoms with Gasteiger partial charge in [-0.05, 0) is 37.1 Å². The van der Waals surface area contributed by atoms with Gasteiger partial charge in [0.15, 0.2) is 0 Å². The summed E-state index contributed by atoms with van der Waals surface area (Å²) in [7, 11) is 1.69. The smallest absolute Gasteiger partial charge is 0.134 e. The number of aryl methyl sites for hydroxylation is 2. The second-order valence-electron chi connectivity index (χ2n) is 4.90. The van der Waals surface area contributed by atoms with E-state index in [1.165, 1.54) is 5.56 Å². The Bertz CT molecular complexity index is 539. The fourth-order valence-electron chi connectivity index (χ4n) is 2.20. The molecule has 0 saturated carbocycles. The van der Waals surface area contributed by atoms with Crippen LogP contribution in [0.15, 0.2) is 24.3 Å². The first-order chi connectivity index (χ1) is 10.3. The van der Waals surface area contributed by atoms with Gasteiger partial charge in [-0.2, -0.15) is 0 Å². The summed E-state index contributed by atoms with van der Waals surface area (Å²) in [5.74, 6) is 0.897. The van der Waals surface area contributed by atoms with Crippen LogP contribution in [0.5, 0.6) is 5.75 Å². The van der Waals surface area contributed by atoms with E-state index in [4.69, 9.17) is 4.74 Å². The molecule has 0 fully saturated rings. The Morgan fingerprint density at radius 3 is 2.52 bits per heavy atom. The molecular formula is C16H23N3OS. The molecule has 21 heavy (non-hydrogen) atoms. The summed E-state index contributed by atoms with van der Waals surface area (Å²) in [6, 6.07) is 8.54. The largest absolute Gasteiger partial charge is 0.497 e. The lowest BCUT2D eigenvalue weighted by molar-refractivity contribution is 0.414. The molecule has 1 aromatic carbocycles. The van der Waals surface area contributed by atoms with Crippen LogP contribution in [0.2, 0.25) is 0 Å². The zero-order valence-corrected chi connectivity index (χ0v) is 13.7. The molecule has 5 heteroatoms. The summed E-state index contributed by atoms with van der Waals surface area (Å²) in [5.41, 5.74) is 1.30. The Hall–Kier alpha value is -1.46. The highest BCUT2D eigenvalue weighted by Crippen LogP contribution is 2.22. The highest BCUT2D eigenvalue weighted by Gasteiger charge is 2.13. The van der Waals surface area contributed by atoms with Crippen molar-refractivity contribution in [3.05, 3.63) is 39.8 Å². The van der Waals surface area contributed by atoms with Crippen molar-refractivity contribution in [1.29, 1.82) is 0 Å². The van der Waals surface area contributed by atoms with Gasteiger partial charge in [0.25, 0.3) is 0 Å². The van der Waals surface area contributed by atoms with Gasteiger partial charge in [-0.1, -0.05) is 37.3 Å². The third kappa shape index (κ3) is 4.51. The lowest BCUT2D eigenvalue weighted by Gasteiger charge is -2.10. The molecular weight excluding hydrogens is 282 g/mol. The molecule has 114 valence electrons. The van der Waals surface area contributed by atoms with Gasteiger partial charge < -0.3 is 10.1 Å². The number of aromatic nitrogens is 2. The van der Waals surface area contributed by atoms with Crippen LogP contribution in [0.25, 0.3) is 0 Å². The standard InChI is InChI=1S/C16H23N3OS/c1-4-14(17-5-2)16-19-18-15(21-16)11-8-12-6-9-13(20-3)10-7-12/h6-7,9-10,14,17H,4-5,8,11H2,1-3H3. The van der Waals surface area contributed by atoms with Crippen LogP contribution in [0, 0.1) is 0 Å². The van der Waals surface area contributed by atoms with Crippen LogP contribution < -0.4 is 10.1 Å². The SMILES string of the molecule is CCNC(CC)c1nnc(CCc2ccc(OC)cc2)s1. The van der Waals surface area contributed by atoms with Crippen LogP contribution in [0.4, 0.5) is 0 Å². The van der Waals surface area contributed by atoms with Crippen molar-refractivity contribution in [2.24, 2.45) is 0 Å². The molecule has 1 N–H and O–H groups in total. The molecule has 1 unspecified atom stereocenters. The molecule has 1 heterocycles. The molecule has 2 rings (SSSR count). The molecule has 0 bridgehead atoms. The molecule has 0 spiro atoms. The first kappa shape index (κ1) is 15.9. The van der Waals surface area contributed by atoms with E-state index in [1.807, 2.05) is 12.1 Å². The number of ether oxygens (including phenoxy) is 1. The van der Waals surface area contributed by atoms with Crippen molar-refractivity contribution < 1.29 is 4.74 Å². The minimum Gasteiger partial charge on any atom is -0.497 e. The van der Waals surface area contributed by atoms with Crippen molar-refractivity contribution in [2.75, 3.05) is 13.7 Å². The summed E-state index contributed by atoms with van der Waals surface area (Å²) < 4.78 is 5.17. The summed E-state index contributed by atoms with van der Waals surface area (Å²) in [5, 5.41) is 14.3. The van der Waals surface area contributed by atoms with Crippen LogP contribution in [0.1, 0.15) is 41.9 Å². The fraction of sp³-hybridized carbons (Fsp3) is 0.500.